The van der Waals surface area contributed by atoms with Crippen molar-refractivity contribution >= 4 is 15.9 Å². The summed E-state index contributed by atoms with van der Waals surface area (Å²) in [5, 5.41) is 0. The van der Waals surface area contributed by atoms with Crippen LogP contribution >= 0.6 is 15.9 Å². The molecule has 0 aromatic heterocycles. The summed E-state index contributed by atoms with van der Waals surface area (Å²) >= 11 is 3.67. The van der Waals surface area contributed by atoms with Crippen LogP contribution in [0.25, 0.3) is 0 Å². The standard InChI is InChI=1S/C16H23BrN2/c17-16-8-2-1-6-14(16)12-19-11-5-7-15(19)13-18-9-3-4-10-18/h1-2,6,8,15H,3-5,7,9-13H2. The number of halogens is 1. The number of hydrogen-bond acceptors (Lipinski definition) is 2. The molecule has 3 rings (SSSR count). The van der Waals surface area contributed by atoms with E-state index in [1.54, 1.807) is 0 Å². The second kappa shape index (κ2) is 6.38. The Morgan fingerprint density at radius 1 is 1.05 bits per heavy atom. The van der Waals surface area contributed by atoms with Crippen molar-refractivity contribution in [2.75, 3.05) is 26.2 Å². The van der Waals surface area contributed by atoms with Crippen molar-refractivity contribution in [2.24, 2.45) is 0 Å². The van der Waals surface area contributed by atoms with Crippen molar-refractivity contribution < 1.29 is 0 Å². The molecule has 0 radical (unpaired) electrons. The minimum Gasteiger partial charge on any atom is -0.302 e. The summed E-state index contributed by atoms with van der Waals surface area (Å²) in [6, 6.07) is 9.41. The summed E-state index contributed by atoms with van der Waals surface area (Å²) in [4.78, 5) is 5.33. The van der Waals surface area contributed by atoms with E-state index in [1.807, 2.05) is 0 Å². The van der Waals surface area contributed by atoms with Gasteiger partial charge in [0.25, 0.3) is 0 Å². The Balaban J connectivity index is 1.61. The van der Waals surface area contributed by atoms with E-state index in [0.29, 0.717) is 0 Å². The van der Waals surface area contributed by atoms with Gasteiger partial charge in [0, 0.05) is 23.6 Å². The minimum absolute atomic E-state index is 0.769. The van der Waals surface area contributed by atoms with Crippen LogP contribution < -0.4 is 0 Å². The van der Waals surface area contributed by atoms with Gasteiger partial charge in [-0.15, -0.1) is 0 Å². The quantitative estimate of drug-likeness (QED) is 0.837. The highest BCUT2D eigenvalue weighted by Gasteiger charge is 2.27. The van der Waals surface area contributed by atoms with E-state index >= 15 is 0 Å². The molecule has 0 N–H and O–H groups in total. The molecule has 0 spiro atoms. The lowest BCUT2D eigenvalue weighted by Crippen LogP contribution is -2.38. The smallest absolute Gasteiger partial charge is 0.0248 e. The second-order valence-electron chi connectivity index (χ2n) is 5.87. The summed E-state index contributed by atoms with van der Waals surface area (Å²) in [6.07, 6.45) is 5.54. The van der Waals surface area contributed by atoms with Crippen LogP contribution in [0.2, 0.25) is 0 Å². The SMILES string of the molecule is Brc1ccccc1CN1CCCC1CN1CCCC1. The van der Waals surface area contributed by atoms with Gasteiger partial charge < -0.3 is 4.90 Å². The van der Waals surface area contributed by atoms with Crippen LogP contribution in [-0.4, -0.2) is 42.0 Å². The third-order valence-electron chi connectivity index (χ3n) is 4.50. The minimum atomic E-state index is 0.769. The third kappa shape index (κ3) is 3.39. The zero-order valence-corrected chi connectivity index (χ0v) is 13.1. The maximum Gasteiger partial charge on any atom is 0.0248 e. The van der Waals surface area contributed by atoms with Gasteiger partial charge in [-0.3, -0.25) is 4.90 Å². The fourth-order valence-electron chi connectivity index (χ4n) is 3.42. The molecule has 0 aliphatic carbocycles. The van der Waals surface area contributed by atoms with Crippen LogP contribution in [0.15, 0.2) is 28.7 Å². The molecular formula is C16H23BrN2. The van der Waals surface area contributed by atoms with Crippen molar-refractivity contribution in [3.8, 4) is 0 Å². The van der Waals surface area contributed by atoms with E-state index in [9.17, 15) is 0 Å². The average molecular weight is 323 g/mol. The molecule has 1 aromatic rings. The number of rotatable bonds is 4. The fraction of sp³-hybridized carbons (Fsp3) is 0.625. The Hall–Kier alpha value is -0.380. The molecule has 104 valence electrons. The first kappa shape index (κ1) is 13.6. The van der Waals surface area contributed by atoms with Gasteiger partial charge >= 0.3 is 0 Å². The van der Waals surface area contributed by atoms with Gasteiger partial charge in [-0.05, 0) is 56.9 Å². The van der Waals surface area contributed by atoms with E-state index in [-0.39, 0.29) is 0 Å². The molecular weight excluding hydrogens is 300 g/mol. The fourth-order valence-corrected chi connectivity index (χ4v) is 3.83. The van der Waals surface area contributed by atoms with Crippen LogP contribution in [0.3, 0.4) is 0 Å². The third-order valence-corrected chi connectivity index (χ3v) is 5.27. The van der Waals surface area contributed by atoms with E-state index in [1.165, 1.54) is 61.9 Å². The predicted octanol–water partition coefficient (Wildman–Crippen LogP) is 3.51. The highest BCUT2D eigenvalue weighted by Crippen LogP contribution is 2.25. The topological polar surface area (TPSA) is 6.48 Å². The first-order valence-corrected chi connectivity index (χ1v) is 8.32. The molecule has 3 heteroatoms. The molecule has 2 heterocycles. The molecule has 2 fully saturated rings. The van der Waals surface area contributed by atoms with Crippen molar-refractivity contribution in [1.82, 2.24) is 9.80 Å². The van der Waals surface area contributed by atoms with Crippen molar-refractivity contribution in [3.63, 3.8) is 0 Å². The normalized spacial score (nSPS) is 25.2. The van der Waals surface area contributed by atoms with E-state index in [4.69, 9.17) is 0 Å². The molecule has 1 aromatic carbocycles. The molecule has 0 amide bonds. The monoisotopic (exact) mass is 322 g/mol. The lowest BCUT2D eigenvalue weighted by Gasteiger charge is -2.28. The van der Waals surface area contributed by atoms with E-state index < -0.39 is 0 Å². The Morgan fingerprint density at radius 2 is 1.84 bits per heavy atom. The number of likely N-dealkylation sites (tertiary alicyclic amines) is 2. The molecule has 2 saturated heterocycles. The lowest BCUT2D eigenvalue weighted by atomic mass is 10.1. The Bertz CT molecular complexity index is 415. The summed E-state index contributed by atoms with van der Waals surface area (Å²) < 4.78 is 1.25. The zero-order valence-electron chi connectivity index (χ0n) is 11.5. The molecule has 1 unspecified atom stereocenters. The molecule has 2 aliphatic heterocycles. The maximum atomic E-state index is 3.67. The Kier molecular flexibility index (Phi) is 4.57. The molecule has 1 atom stereocenters. The van der Waals surface area contributed by atoms with Gasteiger partial charge in [0.05, 0.1) is 0 Å². The van der Waals surface area contributed by atoms with Gasteiger partial charge in [0.1, 0.15) is 0 Å². The number of nitrogens with zero attached hydrogens (tertiary/aromatic N) is 2. The maximum absolute atomic E-state index is 3.67. The van der Waals surface area contributed by atoms with E-state index in [0.717, 1.165) is 12.6 Å². The van der Waals surface area contributed by atoms with Gasteiger partial charge in [-0.25, -0.2) is 0 Å². The first-order valence-electron chi connectivity index (χ1n) is 7.53. The summed E-state index contributed by atoms with van der Waals surface area (Å²) in [7, 11) is 0. The van der Waals surface area contributed by atoms with Crippen molar-refractivity contribution in [1.29, 1.82) is 0 Å². The van der Waals surface area contributed by atoms with E-state index in [2.05, 4.69) is 50.0 Å². The molecule has 0 bridgehead atoms. The molecule has 0 saturated carbocycles. The number of hydrogen-bond donors (Lipinski definition) is 0. The van der Waals surface area contributed by atoms with Crippen molar-refractivity contribution in [2.45, 2.75) is 38.3 Å². The highest BCUT2D eigenvalue weighted by molar-refractivity contribution is 9.10. The van der Waals surface area contributed by atoms with Crippen LogP contribution in [0.5, 0.6) is 0 Å². The Morgan fingerprint density at radius 3 is 2.63 bits per heavy atom. The molecule has 2 aliphatic rings. The predicted molar refractivity (Wildman–Crippen MR) is 83.2 cm³/mol. The van der Waals surface area contributed by atoms with Gasteiger partial charge in [-0.2, -0.15) is 0 Å². The summed E-state index contributed by atoms with van der Waals surface area (Å²) in [5.74, 6) is 0. The lowest BCUT2D eigenvalue weighted by molar-refractivity contribution is 0.185. The number of benzene rings is 1. The van der Waals surface area contributed by atoms with Gasteiger partial charge in [-0.1, -0.05) is 34.1 Å². The second-order valence-corrected chi connectivity index (χ2v) is 6.72. The average Bonchev–Trinajstić information content (AvgIpc) is 3.06. The van der Waals surface area contributed by atoms with Gasteiger partial charge in [0.15, 0.2) is 0 Å². The molecule has 19 heavy (non-hydrogen) atoms. The zero-order chi connectivity index (χ0) is 13.1. The summed E-state index contributed by atoms with van der Waals surface area (Å²) in [6.45, 7) is 6.28. The summed E-state index contributed by atoms with van der Waals surface area (Å²) in [5.41, 5.74) is 1.43. The van der Waals surface area contributed by atoms with Crippen LogP contribution in [0, 0.1) is 0 Å². The van der Waals surface area contributed by atoms with Crippen LogP contribution in [-0.2, 0) is 6.54 Å². The Labute approximate surface area is 124 Å². The van der Waals surface area contributed by atoms with Gasteiger partial charge in [0.2, 0.25) is 0 Å². The van der Waals surface area contributed by atoms with Crippen LogP contribution in [0.4, 0.5) is 0 Å². The van der Waals surface area contributed by atoms with Crippen molar-refractivity contribution in [3.05, 3.63) is 34.3 Å². The largest absolute Gasteiger partial charge is 0.302 e. The first-order chi connectivity index (χ1) is 9.33. The highest BCUT2D eigenvalue weighted by atomic mass is 79.9. The molecule has 2 nitrogen and oxygen atoms in total. The van der Waals surface area contributed by atoms with Crippen LogP contribution in [0.1, 0.15) is 31.2 Å².